The summed E-state index contributed by atoms with van der Waals surface area (Å²) >= 11 is 1.44. The monoisotopic (exact) mass is 380 g/mol. The third-order valence-corrected chi connectivity index (χ3v) is 4.77. The molecule has 0 saturated carbocycles. The zero-order chi connectivity index (χ0) is 19.2. The van der Waals surface area contributed by atoms with E-state index in [0.29, 0.717) is 17.4 Å². The lowest BCUT2D eigenvalue weighted by molar-refractivity contribution is 0.245. The summed E-state index contributed by atoms with van der Waals surface area (Å²) in [5, 5.41) is 5.78. The molecule has 8 heteroatoms. The molecule has 1 heterocycles. The third kappa shape index (κ3) is 5.05. The van der Waals surface area contributed by atoms with Gasteiger partial charge in [0.2, 0.25) is 5.96 Å². The van der Waals surface area contributed by atoms with Crippen molar-refractivity contribution < 1.29 is 4.79 Å². The number of carbonyl (C=O) groups is 1. The molecule has 27 heavy (non-hydrogen) atoms. The van der Waals surface area contributed by atoms with Crippen molar-refractivity contribution in [1.29, 1.82) is 0 Å². The molecule has 2 amide bonds. The van der Waals surface area contributed by atoms with Gasteiger partial charge in [-0.3, -0.25) is 5.32 Å². The maximum atomic E-state index is 11.9. The predicted octanol–water partition coefficient (Wildman–Crippen LogP) is 3.15. The third-order valence-electron chi connectivity index (χ3n) is 3.73. The molecular weight excluding hydrogens is 360 g/mol. The van der Waals surface area contributed by atoms with Gasteiger partial charge in [0.25, 0.3) is 0 Å². The number of nitrogen functional groups attached to an aromatic ring is 1. The number of guanidine groups is 1. The Kier molecular flexibility index (Phi) is 5.68. The van der Waals surface area contributed by atoms with Crippen LogP contribution < -0.4 is 22.1 Å². The lowest BCUT2D eigenvalue weighted by Gasteiger charge is -2.07. The van der Waals surface area contributed by atoms with Crippen molar-refractivity contribution in [1.82, 2.24) is 15.6 Å². The van der Waals surface area contributed by atoms with E-state index < -0.39 is 6.03 Å². The SMILES string of the molecule is Cc1nc(N)sc1-c1ccc(N=C(N)NC(=O)NCc2ccccc2)cc1. The molecule has 0 fully saturated rings. The Morgan fingerprint density at radius 3 is 2.48 bits per heavy atom. The van der Waals surface area contributed by atoms with Crippen LogP contribution in [0, 0.1) is 6.92 Å². The second kappa shape index (κ2) is 8.33. The molecule has 2 aromatic carbocycles. The highest BCUT2D eigenvalue weighted by atomic mass is 32.1. The molecule has 0 spiro atoms. The normalized spacial score (nSPS) is 11.2. The van der Waals surface area contributed by atoms with Crippen molar-refractivity contribution in [3.05, 3.63) is 65.9 Å². The van der Waals surface area contributed by atoms with Gasteiger partial charge in [-0.1, -0.05) is 53.8 Å². The Labute approximate surface area is 161 Å². The molecule has 6 N–H and O–H groups in total. The number of thiazole rings is 1. The largest absolute Gasteiger partial charge is 0.375 e. The number of nitrogens with two attached hydrogens (primary N) is 2. The van der Waals surface area contributed by atoms with Crippen molar-refractivity contribution >= 4 is 34.1 Å². The number of aliphatic imine (C=N–C) groups is 1. The Morgan fingerprint density at radius 1 is 1.15 bits per heavy atom. The highest BCUT2D eigenvalue weighted by molar-refractivity contribution is 7.18. The number of carbonyl (C=O) groups excluding carboxylic acids is 1. The summed E-state index contributed by atoms with van der Waals surface area (Å²) in [6.45, 7) is 2.33. The first-order valence-electron chi connectivity index (χ1n) is 8.27. The molecule has 1 aromatic heterocycles. The average Bonchev–Trinajstić information content (AvgIpc) is 2.99. The second-order valence-electron chi connectivity index (χ2n) is 5.80. The van der Waals surface area contributed by atoms with Crippen LogP contribution in [0.15, 0.2) is 59.6 Å². The molecule has 0 radical (unpaired) electrons. The Hall–Kier alpha value is -3.39. The van der Waals surface area contributed by atoms with Crippen LogP contribution in [0.4, 0.5) is 15.6 Å². The lowest BCUT2D eigenvalue weighted by Crippen LogP contribution is -2.42. The fourth-order valence-corrected chi connectivity index (χ4v) is 3.32. The van der Waals surface area contributed by atoms with Crippen molar-refractivity contribution in [3.8, 4) is 10.4 Å². The van der Waals surface area contributed by atoms with Crippen molar-refractivity contribution in [2.75, 3.05) is 5.73 Å². The molecular formula is C19H20N6OS. The van der Waals surface area contributed by atoms with E-state index in [2.05, 4.69) is 20.6 Å². The topological polar surface area (TPSA) is 118 Å². The van der Waals surface area contributed by atoms with Gasteiger partial charge >= 0.3 is 6.03 Å². The number of hydrogen-bond acceptors (Lipinski definition) is 5. The van der Waals surface area contributed by atoms with E-state index in [1.54, 1.807) is 0 Å². The van der Waals surface area contributed by atoms with Crippen LogP contribution in [0.25, 0.3) is 10.4 Å². The van der Waals surface area contributed by atoms with Crippen LogP contribution >= 0.6 is 11.3 Å². The Morgan fingerprint density at radius 2 is 1.85 bits per heavy atom. The smallest absolute Gasteiger partial charge is 0.321 e. The summed E-state index contributed by atoms with van der Waals surface area (Å²) in [6, 6.07) is 16.7. The number of aromatic nitrogens is 1. The molecule has 0 saturated heterocycles. The van der Waals surface area contributed by atoms with Crippen LogP contribution in [0.5, 0.6) is 0 Å². The van der Waals surface area contributed by atoms with Crippen LogP contribution in [-0.2, 0) is 6.54 Å². The van der Waals surface area contributed by atoms with Crippen molar-refractivity contribution in [3.63, 3.8) is 0 Å². The Bertz CT molecular complexity index is 950. The average molecular weight is 380 g/mol. The van der Waals surface area contributed by atoms with Gasteiger partial charge in [0.15, 0.2) is 5.13 Å². The first kappa shape index (κ1) is 18.4. The van der Waals surface area contributed by atoms with Crippen molar-refractivity contribution in [2.24, 2.45) is 10.7 Å². The van der Waals surface area contributed by atoms with E-state index in [4.69, 9.17) is 11.5 Å². The molecule has 3 rings (SSSR count). The first-order valence-corrected chi connectivity index (χ1v) is 9.09. The van der Waals surface area contributed by atoms with E-state index in [1.165, 1.54) is 11.3 Å². The molecule has 0 bridgehead atoms. The number of hydrogen-bond donors (Lipinski definition) is 4. The maximum absolute atomic E-state index is 11.9. The van der Waals surface area contributed by atoms with E-state index in [1.807, 2.05) is 61.5 Å². The highest BCUT2D eigenvalue weighted by Gasteiger charge is 2.08. The van der Waals surface area contributed by atoms with Gasteiger partial charge in [-0.05, 0) is 30.2 Å². The van der Waals surface area contributed by atoms with Gasteiger partial charge in [0.05, 0.1) is 16.3 Å². The van der Waals surface area contributed by atoms with Crippen LogP contribution in [0.3, 0.4) is 0 Å². The zero-order valence-corrected chi connectivity index (χ0v) is 15.6. The van der Waals surface area contributed by atoms with E-state index in [9.17, 15) is 4.79 Å². The van der Waals surface area contributed by atoms with Gasteiger partial charge in [0.1, 0.15) is 0 Å². The fourth-order valence-electron chi connectivity index (χ4n) is 2.48. The summed E-state index contributed by atoms with van der Waals surface area (Å²) in [4.78, 5) is 21.3. The van der Waals surface area contributed by atoms with Gasteiger partial charge in [0, 0.05) is 6.54 Å². The summed E-state index contributed by atoms with van der Waals surface area (Å²) in [6.07, 6.45) is 0. The summed E-state index contributed by atoms with van der Waals surface area (Å²) in [5.74, 6) is 0.0199. The summed E-state index contributed by atoms with van der Waals surface area (Å²) in [7, 11) is 0. The number of aryl methyl sites for hydroxylation is 1. The number of nitrogens with one attached hydrogen (secondary N) is 2. The number of amides is 2. The Balaban J connectivity index is 1.58. The summed E-state index contributed by atoms with van der Waals surface area (Å²) in [5.41, 5.74) is 15.1. The highest BCUT2D eigenvalue weighted by Crippen LogP contribution is 2.32. The molecule has 0 aliphatic heterocycles. The molecule has 0 aliphatic rings. The minimum Gasteiger partial charge on any atom is -0.375 e. The maximum Gasteiger partial charge on any atom is 0.321 e. The van der Waals surface area contributed by atoms with Gasteiger partial charge in [-0.2, -0.15) is 0 Å². The number of benzene rings is 2. The van der Waals surface area contributed by atoms with E-state index in [-0.39, 0.29) is 5.96 Å². The van der Waals surface area contributed by atoms with E-state index in [0.717, 1.165) is 21.7 Å². The van der Waals surface area contributed by atoms with Crippen molar-refractivity contribution in [2.45, 2.75) is 13.5 Å². The lowest BCUT2D eigenvalue weighted by atomic mass is 10.1. The molecule has 3 aromatic rings. The van der Waals surface area contributed by atoms with E-state index >= 15 is 0 Å². The zero-order valence-electron chi connectivity index (χ0n) is 14.8. The van der Waals surface area contributed by atoms with Crippen LogP contribution in [0.1, 0.15) is 11.3 Å². The van der Waals surface area contributed by atoms with Crippen LogP contribution in [0.2, 0.25) is 0 Å². The number of urea groups is 1. The molecule has 138 valence electrons. The van der Waals surface area contributed by atoms with Gasteiger partial charge in [-0.25, -0.2) is 14.8 Å². The predicted molar refractivity (Wildman–Crippen MR) is 110 cm³/mol. The number of rotatable bonds is 4. The minimum atomic E-state index is -0.410. The van der Waals surface area contributed by atoms with Gasteiger partial charge < -0.3 is 16.8 Å². The standard InChI is InChI=1S/C19H20N6OS/c1-12-16(27-18(21)23-12)14-7-9-15(10-8-14)24-17(20)25-19(26)22-11-13-5-3-2-4-6-13/h2-10H,11H2,1H3,(H2,21,23)(H4,20,22,24,25,26). The van der Waals surface area contributed by atoms with Crippen LogP contribution in [-0.4, -0.2) is 17.0 Å². The second-order valence-corrected chi connectivity index (χ2v) is 6.83. The quantitative estimate of drug-likeness (QED) is 0.411. The number of anilines is 1. The number of nitrogens with zero attached hydrogens (tertiary/aromatic N) is 2. The van der Waals surface area contributed by atoms with Gasteiger partial charge in [-0.15, -0.1) is 0 Å². The first-order chi connectivity index (χ1) is 13.0. The molecule has 0 unspecified atom stereocenters. The molecule has 0 atom stereocenters. The fraction of sp³-hybridized carbons (Fsp3) is 0.105. The summed E-state index contributed by atoms with van der Waals surface area (Å²) < 4.78 is 0. The minimum absolute atomic E-state index is 0.0199. The molecule has 7 nitrogen and oxygen atoms in total. The molecule has 0 aliphatic carbocycles.